The van der Waals surface area contributed by atoms with Crippen molar-refractivity contribution in [2.24, 2.45) is 0 Å². The van der Waals surface area contributed by atoms with E-state index in [0.717, 1.165) is 0 Å². The van der Waals surface area contributed by atoms with Crippen LogP contribution in [0.5, 0.6) is 0 Å². The van der Waals surface area contributed by atoms with Crippen molar-refractivity contribution >= 4 is 11.9 Å². The number of ether oxygens (including phenoxy) is 1. The van der Waals surface area contributed by atoms with E-state index in [1.807, 2.05) is 0 Å². The second kappa shape index (κ2) is 5.96. The van der Waals surface area contributed by atoms with Crippen molar-refractivity contribution in [1.29, 1.82) is 0 Å². The molecule has 4 heteroatoms. The maximum Gasteiger partial charge on any atom is 0.333 e. The lowest BCUT2D eigenvalue weighted by Crippen LogP contribution is -2.22. The summed E-state index contributed by atoms with van der Waals surface area (Å²) in [6.07, 6.45) is 1.34. The van der Waals surface area contributed by atoms with Gasteiger partial charge in [-0.1, -0.05) is 13.2 Å². The molecule has 0 saturated carbocycles. The molecule has 0 spiro atoms. The van der Waals surface area contributed by atoms with Crippen LogP contribution in [0.25, 0.3) is 0 Å². The lowest BCUT2D eigenvalue weighted by molar-refractivity contribution is -0.140. The van der Waals surface area contributed by atoms with Gasteiger partial charge in [-0.25, -0.2) is 4.79 Å². The molecule has 0 heterocycles. The van der Waals surface area contributed by atoms with E-state index in [1.54, 1.807) is 14.0 Å². The highest BCUT2D eigenvalue weighted by molar-refractivity contribution is 5.94. The Labute approximate surface area is 83.8 Å². The van der Waals surface area contributed by atoms with Crippen LogP contribution in [-0.2, 0) is 14.3 Å². The molecule has 78 valence electrons. The zero-order chi connectivity index (χ0) is 11.1. The maximum absolute atomic E-state index is 11.3. The van der Waals surface area contributed by atoms with Gasteiger partial charge in [0.25, 0.3) is 0 Å². The molecule has 0 atom stereocenters. The fourth-order valence-corrected chi connectivity index (χ4v) is 0.714. The monoisotopic (exact) mass is 197 g/mol. The molecule has 0 unspecified atom stereocenters. The van der Waals surface area contributed by atoms with Gasteiger partial charge in [0.05, 0.1) is 13.0 Å². The summed E-state index contributed by atoms with van der Waals surface area (Å²) in [4.78, 5) is 23.6. The third-order valence-corrected chi connectivity index (χ3v) is 1.60. The quantitative estimate of drug-likeness (QED) is 0.489. The van der Waals surface area contributed by atoms with Gasteiger partial charge in [-0.3, -0.25) is 4.79 Å². The van der Waals surface area contributed by atoms with Crippen LogP contribution in [-0.4, -0.2) is 30.4 Å². The Bertz CT molecular complexity index is 258. The predicted octanol–water partition coefficient (Wildman–Crippen LogP) is 1.10. The highest BCUT2D eigenvalue weighted by Crippen LogP contribution is 2.04. The van der Waals surface area contributed by atoms with Crippen LogP contribution < -0.4 is 0 Å². The smallest absolute Gasteiger partial charge is 0.333 e. The van der Waals surface area contributed by atoms with Gasteiger partial charge in [0.15, 0.2) is 0 Å². The van der Waals surface area contributed by atoms with Gasteiger partial charge in [-0.2, -0.15) is 0 Å². The summed E-state index contributed by atoms with van der Waals surface area (Å²) >= 11 is 0. The van der Waals surface area contributed by atoms with Gasteiger partial charge < -0.3 is 9.64 Å². The summed E-state index contributed by atoms with van der Waals surface area (Å²) in [7, 11) is 1.56. The SMILES string of the molecule is C=CN(C)C(=O)CC(=C)C(=O)OCC. The molecule has 0 aromatic heterocycles. The third-order valence-electron chi connectivity index (χ3n) is 1.60. The molecule has 0 aliphatic rings. The Morgan fingerprint density at radius 1 is 1.50 bits per heavy atom. The highest BCUT2D eigenvalue weighted by Gasteiger charge is 2.14. The summed E-state index contributed by atoms with van der Waals surface area (Å²) in [5.41, 5.74) is 0.158. The molecule has 0 aromatic rings. The zero-order valence-corrected chi connectivity index (χ0v) is 8.58. The van der Waals surface area contributed by atoms with Crippen LogP contribution in [0.4, 0.5) is 0 Å². The maximum atomic E-state index is 11.3. The minimum Gasteiger partial charge on any atom is -0.463 e. The normalized spacial score (nSPS) is 9.00. The second-order valence-electron chi connectivity index (χ2n) is 2.69. The average molecular weight is 197 g/mol. The standard InChI is InChI=1S/C10H15NO3/c1-5-11(4)9(12)7-8(3)10(13)14-6-2/h5H,1,3,6-7H2,2,4H3. The van der Waals surface area contributed by atoms with E-state index in [-0.39, 0.29) is 24.5 Å². The van der Waals surface area contributed by atoms with Crippen LogP contribution >= 0.6 is 0 Å². The van der Waals surface area contributed by atoms with Crippen molar-refractivity contribution < 1.29 is 14.3 Å². The largest absolute Gasteiger partial charge is 0.463 e. The number of hydrogen-bond acceptors (Lipinski definition) is 3. The molecule has 0 saturated heterocycles. The molecule has 0 fully saturated rings. The molecular formula is C10H15NO3. The fraction of sp³-hybridized carbons (Fsp3) is 0.400. The Morgan fingerprint density at radius 3 is 2.50 bits per heavy atom. The van der Waals surface area contributed by atoms with Crippen molar-refractivity contribution in [3.05, 3.63) is 24.9 Å². The summed E-state index contributed by atoms with van der Waals surface area (Å²) in [6.45, 7) is 8.88. The number of rotatable bonds is 5. The Balaban J connectivity index is 4.12. The van der Waals surface area contributed by atoms with Crippen LogP contribution in [0.1, 0.15) is 13.3 Å². The lowest BCUT2D eigenvalue weighted by Gasteiger charge is -2.11. The first-order valence-corrected chi connectivity index (χ1v) is 4.26. The van der Waals surface area contributed by atoms with Gasteiger partial charge in [0, 0.05) is 12.6 Å². The Hall–Kier alpha value is -1.58. The molecule has 0 bridgehead atoms. The van der Waals surface area contributed by atoms with Crippen molar-refractivity contribution in [2.45, 2.75) is 13.3 Å². The van der Waals surface area contributed by atoms with Crippen molar-refractivity contribution in [2.75, 3.05) is 13.7 Å². The summed E-state index contributed by atoms with van der Waals surface area (Å²) in [6, 6.07) is 0. The van der Waals surface area contributed by atoms with Crippen LogP contribution in [0.15, 0.2) is 24.9 Å². The number of nitrogens with zero attached hydrogens (tertiary/aromatic N) is 1. The molecule has 4 nitrogen and oxygen atoms in total. The predicted molar refractivity (Wildman–Crippen MR) is 53.4 cm³/mol. The van der Waals surface area contributed by atoms with E-state index in [1.165, 1.54) is 11.1 Å². The van der Waals surface area contributed by atoms with Crippen LogP contribution in [0.3, 0.4) is 0 Å². The first kappa shape index (κ1) is 12.4. The molecule has 0 radical (unpaired) electrons. The van der Waals surface area contributed by atoms with Crippen molar-refractivity contribution in [1.82, 2.24) is 4.90 Å². The van der Waals surface area contributed by atoms with E-state index in [4.69, 9.17) is 0 Å². The van der Waals surface area contributed by atoms with E-state index in [2.05, 4.69) is 17.9 Å². The van der Waals surface area contributed by atoms with Crippen LogP contribution in [0, 0.1) is 0 Å². The first-order valence-electron chi connectivity index (χ1n) is 4.26. The second-order valence-corrected chi connectivity index (χ2v) is 2.69. The zero-order valence-electron chi connectivity index (χ0n) is 8.58. The van der Waals surface area contributed by atoms with Crippen molar-refractivity contribution in [3.63, 3.8) is 0 Å². The molecule has 0 rings (SSSR count). The van der Waals surface area contributed by atoms with Gasteiger partial charge in [0.1, 0.15) is 0 Å². The van der Waals surface area contributed by atoms with Gasteiger partial charge in [-0.05, 0) is 13.1 Å². The first-order chi connectivity index (χ1) is 6.52. The molecule has 0 aliphatic carbocycles. The number of carbonyl (C=O) groups excluding carboxylic acids is 2. The average Bonchev–Trinajstić information content (AvgIpc) is 2.16. The molecule has 14 heavy (non-hydrogen) atoms. The van der Waals surface area contributed by atoms with Crippen LogP contribution in [0.2, 0.25) is 0 Å². The number of esters is 1. The molecule has 0 aliphatic heterocycles. The fourth-order valence-electron chi connectivity index (χ4n) is 0.714. The molecule has 1 amide bonds. The Morgan fingerprint density at radius 2 is 2.07 bits per heavy atom. The van der Waals surface area contributed by atoms with Crippen molar-refractivity contribution in [3.8, 4) is 0 Å². The summed E-state index contributed by atoms with van der Waals surface area (Å²) in [5.74, 6) is -0.767. The van der Waals surface area contributed by atoms with E-state index >= 15 is 0 Å². The van der Waals surface area contributed by atoms with Gasteiger partial charge in [-0.15, -0.1) is 0 Å². The number of amides is 1. The number of hydrogen-bond donors (Lipinski definition) is 0. The molecule has 0 aromatic carbocycles. The van der Waals surface area contributed by atoms with Gasteiger partial charge in [0.2, 0.25) is 5.91 Å². The molecular weight excluding hydrogens is 182 g/mol. The van der Waals surface area contributed by atoms with E-state index in [0.29, 0.717) is 0 Å². The number of carbonyl (C=O) groups is 2. The van der Waals surface area contributed by atoms with E-state index < -0.39 is 5.97 Å². The highest BCUT2D eigenvalue weighted by atomic mass is 16.5. The topological polar surface area (TPSA) is 46.6 Å². The minimum absolute atomic E-state index is 0.0403. The minimum atomic E-state index is -0.529. The third kappa shape index (κ3) is 3.89. The lowest BCUT2D eigenvalue weighted by atomic mass is 10.2. The molecule has 0 N–H and O–H groups in total. The van der Waals surface area contributed by atoms with E-state index in [9.17, 15) is 9.59 Å². The van der Waals surface area contributed by atoms with Gasteiger partial charge >= 0.3 is 5.97 Å². The summed E-state index contributed by atoms with van der Waals surface area (Å²) < 4.78 is 4.68. The summed E-state index contributed by atoms with van der Waals surface area (Å²) in [5, 5.41) is 0. The Kier molecular flexibility index (Phi) is 5.29.